The summed E-state index contributed by atoms with van der Waals surface area (Å²) >= 11 is 1.45. The third kappa shape index (κ3) is 4.70. The Hall–Kier alpha value is -2.41. The van der Waals surface area contributed by atoms with Gasteiger partial charge in [0.05, 0.1) is 12.2 Å². The van der Waals surface area contributed by atoms with Crippen molar-refractivity contribution in [3.63, 3.8) is 0 Å². The molecule has 1 aliphatic carbocycles. The largest absolute Gasteiger partial charge is 0.481 e. The van der Waals surface area contributed by atoms with Gasteiger partial charge in [0.25, 0.3) is 5.91 Å². The van der Waals surface area contributed by atoms with Crippen molar-refractivity contribution in [2.75, 3.05) is 11.9 Å². The van der Waals surface area contributed by atoms with E-state index in [1.165, 1.54) is 35.6 Å². The van der Waals surface area contributed by atoms with Crippen LogP contribution in [0.5, 0.6) is 5.75 Å². The zero-order valence-electron chi connectivity index (χ0n) is 16.0. The molecule has 1 heterocycles. The highest BCUT2D eigenvalue weighted by molar-refractivity contribution is 7.17. The molecule has 1 aromatic heterocycles. The summed E-state index contributed by atoms with van der Waals surface area (Å²) < 4.78 is 23.8. The van der Waals surface area contributed by atoms with E-state index in [0.29, 0.717) is 16.3 Å². The SMILES string of the molecule is CCOC(=O)c1c(NC(=O)C(C)Oc2ccc(F)cc2)sc2c1CCCCC2. The minimum absolute atomic E-state index is 0.279. The first kappa shape index (κ1) is 20.3. The summed E-state index contributed by atoms with van der Waals surface area (Å²) in [6.07, 6.45) is 4.15. The summed E-state index contributed by atoms with van der Waals surface area (Å²) in [5.74, 6) is -0.740. The van der Waals surface area contributed by atoms with E-state index in [0.717, 1.165) is 42.5 Å². The number of hydrogen-bond donors (Lipinski definition) is 1. The molecule has 1 aromatic carbocycles. The molecule has 0 spiro atoms. The molecule has 1 atom stereocenters. The van der Waals surface area contributed by atoms with Crippen LogP contribution in [0.15, 0.2) is 24.3 Å². The molecule has 1 amide bonds. The predicted octanol–water partition coefficient (Wildman–Crippen LogP) is 4.74. The smallest absolute Gasteiger partial charge is 0.341 e. The average molecular weight is 405 g/mol. The number of thiophene rings is 1. The number of benzene rings is 1. The molecule has 150 valence electrons. The fourth-order valence-electron chi connectivity index (χ4n) is 3.23. The van der Waals surface area contributed by atoms with E-state index in [1.54, 1.807) is 13.8 Å². The van der Waals surface area contributed by atoms with Crippen molar-refractivity contribution in [3.05, 3.63) is 46.1 Å². The van der Waals surface area contributed by atoms with Crippen molar-refractivity contribution < 1.29 is 23.5 Å². The van der Waals surface area contributed by atoms with Gasteiger partial charge < -0.3 is 14.8 Å². The monoisotopic (exact) mass is 405 g/mol. The van der Waals surface area contributed by atoms with Crippen LogP contribution in [0.25, 0.3) is 0 Å². The second-order valence-corrected chi connectivity index (χ2v) is 7.80. The summed E-state index contributed by atoms with van der Waals surface area (Å²) in [5.41, 5.74) is 1.48. The first-order valence-corrected chi connectivity index (χ1v) is 10.4. The second kappa shape index (κ2) is 9.19. The highest BCUT2D eigenvalue weighted by Gasteiger charge is 2.27. The Bertz CT molecular complexity index is 847. The minimum Gasteiger partial charge on any atom is -0.481 e. The van der Waals surface area contributed by atoms with Crippen molar-refractivity contribution in [2.24, 2.45) is 0 Å². The first-order chi connectivity index (χ1) is 13.5. The third-order valence-electron chi connectivity index (χ3n) is 4.63. The van der Waals surface area contributed by atoms with E-state index >= 15 is 0 Å². The van der Waals surface area contributed by atoms with E-state index in [9.17, 15) is 14.0 Å². The molecule has 0 saturated heterocycles. The molecule has 7 heteroatoms. The number of fused-ring (bicyclic) bond motifs is 1. The molecule has 1 unspecified atom stereocenters. The Labute approximate surface area is 167 Å². The molecular formula is C21H24FNO4S. The maximum absolute atomic E-state index is 13.0. The number of carbonyl (C=O) groups excluding carboxylic acids is 2. The molecule has 28 heavy (non-hydrogen) atoms. The maximum Gasteiger partial charge on any atom is 0.341 e. The molecule has 2 aromatic rings. The van der Waals surface area contributed by atoms with Crippen molar-refractivity contribution in [2.45, 2.75) is 52.1 Å². The number of amides is 1. The summed E-state index contributed by atoms with van der Waals surface area (Å²) in [7, 11) is 0. The van der Waals surface area contributed by atoms with Gasteiger partial charge >= 0.3 is 5.97 Å². The molecule has 5 nitrogen and oxygen atoms in total. The van der Waals surface area contributed by atoms with E-state index in [4.69, 9.17) is 9.47 Å². The molecule has 0 aliphatic heterocycles. The van der Waals surface area contributed by atoms with Gasteiger partial charge in [-0.15, -0.1) is 11.3 Å². The van der Waals surface area contributed by atoms with Crippen molar-refractivity contribution >= 4 is 28.2 Å². The number of aryl methyl sites for hydroxylation is 1. The Morgan fingerprint density at radius 2 is 1.89 bits per heavy atom. The Morgan fingerprint density at radius 1 is 1.18 bits per heavy atom. The number of halogens is 1. The van der Waals surface area contributed by atoms with Crippen LogP contribution in [0.1, 0.15) is 53.9 Å². The zero-order chi connectivity index (χ0) is 20.1. The highest BCUT2D eigenvalue weighted by Crippen LogP contribution is 2.38. The quantitative estimate of drug-likeness (QED) is 0.557. The lowest BCUT2D eigenvalue weighted by Crippen LogP contribution is -2.30. The second-order valence-electron chi connectivity index (χ2n) is 6.69. The number of carbonyl (C=O) groups is 2. The van der Waals surface area contributed by atoms with Gasteiger partial charge in [-0.05, 0) is 69.4 Å². The van der Waals surface area contributed by atoms with Crippen LogP contribution in [0, 0.1) is 5.82 Å². The van der Waals surface area contributed by atoms with Crippen molar-refractivity contribution in [1.29, 1.82) is 0 Å². The standard InChI is InChI=1S/C21H24FNO4S/c1-3-26-21(25)18-16-7-5-4-6-8-17(16)28-20(18)23-19(24)13(2)27-15-11-9-14(22)10-12-15/h9-13H,3-8H2,1-2H3,(H,23,24). The fourth-order valence-corrected chi connectivity index (χ4v) is 4.51. The summed E-state index contributed by atoms with van der Waals surface area (Å²) in [4.78, 5) is 26.3. The van der Waals surface area contributed by atoms with Gasteiger partial charge in [0, 0.05) is 4.88 Å². The van der Waals surface area contributed by atoms with Gasteiger partial charge in [-0.1, -0.05) is 6.42 Å². The number of anilines is 1. The zero-order valence-corrected chi connectivity index (χ0v) is 16.9. The van der Waals surface area contributed by atoms with Gasteiger partial charge in [0.2, 0.25) is 0 Å². The molecular weight excluding hydrogens is 381 g/mol. The molecule has 0 radical (unpaired) electrons. The van der Waals surface area contributed by atoms with Crippen LogP contribution in [0.3, 0.4) is 0 Å². The van der Waals surface area contributed by atoms with Crippen LogP contribution in [-0.4, -0.2) is 24.6 Å². The maximum atomic E-state index is 13.0. The van der Waals surface area contributed by atoms with Crippen LogP contribution < -0.4 is 10.1 Å². The van der Waals surface area contributed by atoms with E-state index in [-0.39, 0.29) is 18.3 Å². The molecule has 0 saturated carbocycles. The minimum atomic E-state index is -0.803. The first-order valence-electron chi connectivity index (χ1n) is 9.54. The lowest BCUT2D eigenvalue weighted by Gasteiger charge is -2.15. The van der Waals surface area contributed by atoms with Gasteiger partial charge in [-0.3, -0.25) is 4.79 Å². The number of ether oxygens (including phenoxy) is 2. The fraction of sp³-hybridized carbons (Fsp3) is 0.429. The van der Waals surface area contributed by atoms with Crippen molar-refractivity contribution in [3.8, 4) is 5.75 Å². The molecule has 1 N–H and O–H groups in total. The van der Waals surface area contributed by atoms with E-state index in [2.05, 4.69) is 5.32 Å². The Balaban J connectivity index is 1.79. The molecule has 0 bridgehead atoms. The Morgan fingerprint density at radius 3 is 2.61 bits per heavy atom. The third-order valence-corrected chi connectivity index (χ3v) is 5.84. The lowest BCUT2D eigenvalue weighted by molar-refractivity contribution is -0.122. The molecule has 0 fully saturated rings. The predicted molar refractivity (Wildman–Crippen MR) is 107 cm³/mol. The van der Waals surface area contributed by atoms with Crippen LogP contribution in [-0.2, 0) is 22.4 Å². The number of nitrogens with one attached hydrogen (secondary N) is 1. The number of rotatable bonds is 6. The normalized spacial score (nSPS) is 14.5. The van der Waals surface area contributed by atoms with Gasteiger partial charge in [0.15, 0.2) is 6.10 Å². The topological polar surface area (TPSA) is 64.6 Å². The number of hydrogen-bond acceptors (Lipinski definition) is 5. The van der Waals surface area contributed by atoms with Crippen LogP contribution in [0.4, 0.5) is 9.39 Å². The highest BCUT2D eigenvalue weighted by atomic mass is 32.1. The lowest BCUT2D eigenvalue weighted by atomic mass is 10.1. The van der Waals surface area contributed by atoms with Gasteiger partial charge in [-0.2, -0.15) is 0 Å². The Kier molecular flexibility index (Phi) is 6.67. The van der Waals surface area contributed by atoms with Crippen LogP contribution >= 0.6 is 11.3 Å². The van der Waals surface area contributed by atoms with E-state index in [1.807, 2.05) is 0 Å². The number of esters is 1. The molecule has 3 rings (SSSR count). The molecule has 1 aliphatic rings. The average Bonchev–Trinajstić information content (AvgIpc) is 2.84. The summed E-state index contributed by atoms with van der Waals surface area (Å²) in [5, 5.41) is 3.36. The van der Waals surface area contributed by atoms with Gasteiger partial charge in [0.1, 0.15) is 16.6 Å². The van der Waals surface area contributed by atoms with Crippen molar-refractivity contribution in [1.82, 2.24) is 0 Å². The summed E-state index contributed by atoms with van der Waals surface area (Å²) in [6.45, 7) is 3.65. The van der Waals surface area contributed by atoms with Crippen LogP contribution in [0.2, 0.25) is 0 Å². The van der Waals surface area contributed by atoms with Gasteiger partial charge in [-0.25, -0.2) is 9.18 Å². The summed E-state index contributed by atoms with van der Waals surface area (Å²) in [6, 6.07) is 5.48. The van der Waals surface area contributed by atoms with E-state index < -0.39 is 12.1 Å².